The lowest BCUT2D eigenvalue weighted by Crippen LogP contribution is -2.15. The maximum Gasteiger partial charge on any atom is 0.374 e. The summed E-state index contributed by atoms with van der Waals surface area (Å²) >= 11 is 0. The molecule has 2 aromatic rings. The van der Waals surface area contributed by atoms with Gasteiger partial charge in [0.25, 0.3) is 5.69 Å². The number of methoxy groups -OCH3 is 1. The summed E-state index contributed by atoms with van der Waals surface area (Å²) in [5, 5.41) is 13.9. The molecule has 2 rings (SSSR count). The summed E-state index contributed by atoms with van der Waals surface area (Å²) in [5.74, 6) is -0.421. The van der Waals surface area contributed by atoms with E-state index in [1.54, 1.807) is 24.3 Å². The number of furan rings is 1. The number of nitrogens with one attached hydrogen (secondary N) is 1. The van der Waals surface area contributed by atoms with Crippen molar-refractivity contribution in [2.45, 2.75) is 13.1 Å². The zero-order valence-electron chi connectivity index (χ0n) is 11.4. The van der Waals surface area contributed by atoms with E-state index in [9.17, 15) is 14.9 Å². The van der Waals surface area contributed by atoms with Crippen LogP contribution >= 0.6 is 0 Å². The highest BCUT2D eigenvalue weighted by Gasteiger charge is 2.16. The molecule has 1 heterocycles. The molecule has 1 aromatic carbocycles. The van der Waals surface area contributed by atoms with Gasteiger partial charge >= 0.3 is 5.97 Å². The van der Waals surface area contributed by atoms with Gasteiger partial charge in [-0.05, 0) is 6.07 Å². The smallest absolute Gasteiger partial charge is 0.374 e. The van der Waals surface area contributed by atoms with Crippen molar-refractivity contribution in [2.75, 3.05) is 7.11 Å². The highest BCUT2D eigenvalue weighted by Crippen LogP contribution is 2.18. The molecule has 21 heavy (non-hydrogen) atoms. The number of hydrogen-bond donors (Lipinski definition) is 1. The van der Waals surface area contributed by atoms with E-state index < -0.39 is 10.9 Å². The highest BCUT2D eigenvalue weighted by molar-refractivity contribution is 5.87. The van der Waals surface area contributed by atoms with E-state index in [1.165, 1.54) is 19.4 Å². The molecule has 0 aliphatic carbocycles. The maximum atomic E-state index is 11.4. The van der Waals surface area contributed by atoms with Crippen molar-refractivity contribution in [3.8, 4) is 0 Å². The number of esters is 1. The Morgan fingerprint density at radius 1 is 1.29 bits per heavy atom. The third-order valence-corrected chi connectivity index (χ3v) is 2.94. The molecule has 1 aromatic heterocycles. The first-order chi connectivity index (χ1) is 10.1. The quantitative estimate of drug-likeness (QED) is 0.498. The summed E-state index contributed by atoms with van der Waals surface area (Å²) in [6.45, 7) is 0.649. The van der Waals surface area contributed by atoms with Crippen LogP contribution in [0.25, 0.3) is 0 Å². The molecular formula is C14H14N2O5. The van der Waals surface area contributed by atoms with Crippen LogP contribution in [-0.4, -0.2) is 18.0 Å². The number of carbonyl (C=O) groups excluding carboxylic acids is 1. The normalized spacial score (nSPS) is 10.3. The lowest BCUT2D eigenvalue weighted by molar-refractivity contribution is -0.385. The van der Waals surface area contributed by atoms with Crippen LogP contribution in [0.2, 0.25) is 0 Å². The van der Waals surface area contributed by atoms with Gasteiger partial charge in [0.1, 0.15) is 0 Å². The van der Waals surface area contributed by atoms with Crippen LogP contribution in [0.3, 0.4) is 0 Å². The monoisotopic (exact) mass is 290 g/mol. The van der Waals surface area contributed by atoms with Crippen molar-refractivity contribution in [1.82, 2.24) is 5.32 Å². The number of rotatable bonds is 6. The molecule has 0 saturated heterocycles. The first-order valence-corrected chi connectivity index (χ1v) is 6.21. The maximum absolute atomic E-state index is 11.4. The van der Waals surface area contributed by atoms with Crippen LogP contribution in [0.5, 0.6) is 0 Å². The van der Waals surface area contributed by atoms with Gasteiger partial charge in [-0.1, -0.05) is 18.2 Å². The largest absolute Gasteiger partial charge is 0.463 e. The third kappa shape index (κ3) is 3.46. The van der Waals surface area contributed by atoms with Crippen molar-refractivity contribution < 1.29 is 18.9 Å². The molecule has 0 bridgehead atoms. The van der Waals surface area contributed by atoms with Crippen molar-refractivity contribution in [3.63, 3.8) is 0 Å². The second-order valence-corrected chi connectivity index (χ2v) is 4.26. The van der Waals surface area contributed by atoms with Crippen molar-refractivity contribution in [2.24, 2.45) is 0 Å². The van der Waals surface area contributed by atoms with Crippen molar-refractivity contribution >= 4 is 11.7 Å². The Balaban J connectivity index is 2.01. The number of nitro benzene ring substituents is 1. The number of carbonyl (C=O) groups is 1. The van der Waals surface area contributed by atoms with Gasteiger partial charge in [0, 0.05) is 30.3 Å². The lowest BCUT2D eigenvalue weighted by Gasteiger charge is -2.05. The van der Waals surface area contributed by atoms with Gasteiger partial charge in [-0.2, -0.15) is 0 Å². The van der Waals surface area contributed by atoms with Crippen LogP contribution in [-0.2, 0) is 17.8 Å². The first kappa shape index (κ1) is 14.7. The SMILES string of the molecule is COC(=O)c1occc1CNCc1ccccc1[N+](=O)[O-]. The van der Waals surface area contributed by atoms with Crippen molar-refractivity contribution in [1.29, 1.82) is 0 Å². The van der Waals surface area contributed by atoms with Gasteiger partial charge in [0.2, 0.25) is 5.76 Å². The number of nitrogens with zero attached hydrogens (tertiary/aromatic N) is 1. The second-order valence-electron chi connectivity index (χ2n) is 4.26. The van der Waals surface area contributed by atoms with Gasteiger partial charge in [-0.15, -0.1) is 0 Å². The summed E-state index contributed by atoms with van der Waals surface area (Å²) in [6.07, 6.45) is 1.40. The minimum Gasteiger partial charge on any atom is -0.463 e. The predicted molar refractivity (Wildman–Crippen MR) is 73.7 cm³/mol. The van der Waals surface area contributed by atoms with E-state index in [4.69, 9.17) is 4.42 Å². The fraction of sp³-hybridized carbons (Fsp3) is 0.214. The molecule has 0 atom stereocenters. The lowest BCUT2D eigenvalue weighted by atomic mass is 10.1. The molecule has 0 aliphatic heterocycles. The molecule has 0 fully saturated rings. The second kappa shape index (κ2) is 6.67. The molecule has 0 aliphatic rings. The average molecular weight is 290 g/mol. The first-order valence-electron chi connectivity index (χ1n) is 6.21. The summed E-state index contributed by atoms with van der Waals surface area (Å²) in [7, 11) is 1.27. The number of ether oxygens (including phenoxy) is 1. The van der Waals surface area contributed by atoms with Crippen LogP contribution < -0.4 is 5.32 Å². The van der Waals surface area contributed by atoms with E-state index in [0.717, 1.165) is 0 Å². The Bertz CT molecular complexity index is 650. The minimum atomic E-state index is -0.553. The number of nitro groups is 1. The summed E-state index contributed by atoms with van der Waals surface area (Å²) in [5.41, 5.74) is 1.27. The van der Waals surface area contributed by atoms with E-state index in [1.807, 2.05) is 0 Å². The predicted octanol–water partition coefficient (Wildman–Crippen LogP) is 2.26. The topological polar surface area (TPSA) is 94.6 Å². The minimum absolute atomic E-state index is 0.0605. The zero-order chi connectivity index (χ0) is 15.2. The highest BCUT2D eigenvalue weighted by atomic mass is 16.6. The van der Waals surface area contributed by atoms with Gasteiger partial charge in [0.05, 0.1) is 18.3 Å². The van der Waals surface area contributed by atoms with Gasteiger partial charge in [-0.25, -0.2) is 4.79 Å². The molecule has 1 N–H and O–H groups in total. The van der Waals surface area contributed by atoms with Crippen LogP contribution in [0.15, 0.2) is 41.0 Å². The molecule has 0 saturated carbocycles. The summed E-state index contributed by atoms with van der Waals surface area (Å²) in [4.78, 5) is 21.9. The molecule has 110 valence electrons. The van der Waals surface area contributed by atoms with Crippen LogP contribution in [0, 0.1) is 10.1 Å². The summed E-state index contributed by atoms with van der Waals surface area (Å²) < 4.78 is 9.66. The van der Waals surface area contributed by atoms with E-state index >= 15 is 0 Å². The van der Waals surface area contributed by atoms with Gasteiger partial charge < -0.3 is 14.5 Å². The van der Waals surface area contributed by atoms with E-state index in [-0.39, 0.29) is 11.4 Å². The number of hydrogen-bond acceptors (Lipinski definition) is 6. The summed E-state index contributed by atoms with van der Waals surface area (Å²) in [6, 6.07) is 8.14. The Labute approximate surface area is 120 Å². The number of benzene rings is 1. The van der Waals surface area contributed by atoms with Crippen LogP contribution in [0.1, 0.15) is 21.7 Å². The van der Waals surface area contributed by atoms with Gasteiger partial charge in [-0.3, -0.25) is 10.1 Å². The molecule has 0 unspecified atom stereocenters. The Morgan fingerprint density at radius 3 is 2.71 bits per heavy atom. The Kier molecular flexibility index (Phi) is 4.68. The molecule has 0 amide bonds. The van der Waals surface area contributed by atoms with E-state index in [2.05, 4.69) is 10.1 Å². The Hall–Kier alpha value is -2.67. The Morgan fingerprint density at radius 2 is 2.00 bits per heavy atom. The standard InChI is InChI=1S/C14H14N2O5/c1-20-14(17)13-11(6-7-21-13)9-15-8-10-4-2-3-5-12(10)16(18)19/h2-7,15H,8-9H2,1H3. The fourth-order valence-corrected chi connectivity index (χ4v) is 1.92. The van der Waals surface area contributed by atoms with Gasteiger partial charge in [0.15, 0.2) is 0 Å². The molecule has 0 spiro atoms. The molecule has 7 heteroatoms. The average Bonchev–Trinajstić information content (AvgIpc) is 2.95. The third-order valence-electron chi connectivity index (χ3n) is 2.94. The molecule has 0 radical (unpaired) electrons. The molecule has 7 nitrogen and oxygen atoms in total. The van der Waals surface area contributed by atoms with E-state index in [0.29, 0.717) is 24.2 Å². The van der Waals surface area contributed by atoms with Crippen molar-refractivity contribution in [3.05, 3.63) is 63.6 Å². The molecular weight excluding hydrogens is 276 g/mol. The van der Waals surface area contributed by atoms with Crippen LogP contribution in [0.4, 0.5) is 5.69 Å². The fourth-order valence-electron chi connectivity index (χ4n) is 1.92. The zero-order valence-corrected chi connectivity index (χ0v) is 11.4. The number of para-hydroxylation sites is 1.